The standard InChI is InChI=1S/C36H16F4Se/c37-29-13-1-25(2-14-29)9-21-33-34(22-10-26-3-15-30(38)16-4-26)36(24-12-28-7-19-32(40)20-8-28)41-35(33)23-11-27-5-17-31(39)18-6-27/h1-8,13-20H. The SMILES string of the molecule is Fc1ccc(C#Cc2[se]c(C#Cc3ccc(F)cc3)c(C#Cc3ccc(F)cc3)c2C#Cc2ccc(F)cc2)cc1. The molecule has 0 spiro atoms. The van der Waals surface area contributed by atoms with Crippen LogP contribution in [-0.4, -0.2) is 14.5 Å². The van der Waals surface area contributed by atoms with Crippen LogP contribution in [0.1, 0.15) is 42.3 Å². The number of hydrogen-bond acceptors (Lipinski definition) is 0. The van der Waals surface area contributed by atoms with Crippen molar-refractivity contribution >= 4 is 14.5 Å². The minimum absolute atomic E-state index is 0.357. The molecule has 5 aromatic rings. The van der Waals surface area contributed by atoms with Gasteiger partial charge in [0.2, 0.25) is 0 Å². The maximum atomic E-state index is 13.4. The molecular formula is C36H16F4Se. The Morgan fingerprint density at radius 2 is 0.561 bits per heavy atom. The van der Waals surface area contributed by atoms with E-state index in [0.29, 0.717) is 33.4 Å². The van der Waals surface area contributed by atoms with Crippen LogP contribution in [0.5, 0.6) is 0 Å². The van der Waals surface area contributed by atoms with E-state index in [9.17, 15) is 17.6 Å². The average molecular weight is 603 g/mol. The molecular weight excluding hydrogens is 587 g/mol. The monoisotopic (exact) mass is 604 g/mol. The molecule has 0 saturated carbocycles. The zero-order valence-electron chi connectivity index (χ0n) is 21.2. The number of benzene rings is 4. The summed E-state index contributed by atoms with van der Waals surface area (Å²) in [5, 5.41) is 0. The Hall–Kier alpha value is -5.16. The molecule has 41 heavy (non-hydrogen) atoms. The molecule has 194 valence electrons. The molecule has 0 saturated heterocycles. The first-order valence-electron chi connectivity index (χ1n) is 12.2. The van der Waals surface area contributed by atoms with E-state index in [1.165, 1.54) is 48.5 Å². The molecule has 0 N–H and O–H groups in total. The van der Waals surface area contributed by atoms with Gasteiger partial charge in [-0.25, -0.2) is 0 Å². The van der Waals surface area contributed by atoms with Gasteiger partial charge in [-0.1, -0.05) is 0 Å². The fraction of sp³-hybridized carbons (Fsp3) is 0. The van der Waals surface area contributed by atoms with E-state index in [-0.39, 0.29) is 37.8 Å². The van der Waals surface area contributed by atoms with E-state index in [1.54, 1.807) is 48.5 Å². The van der Waals surface area contributed by atoms with Crippen LogP contribution in [0.25, 0.3) is 0 Å². The number of rotatable bonds is 0. The molecule has 0 aliphatic carbocycles. The van der Waals surface area contributed by atoms with Crippen molar-refractivity contribution in [3.05, 3.63) is 163 Å². The van der Waals surface area contributed by atoms with Crippen molar-refractivity contribution in [3.63, 3.8) is 0 Å². The Kier molecular flexibility index (Phi) is 8.55. The molecule has 0 atom stereocenters. The molecule has 0 aliphatic heterocycles. The summed E-state index contributed by atoms with van der Waals surface area (Å²) in [6, 6.07) is 23.3. The van der Waals surface area contributed by atoms with Gasteiger partial charge < -0.3 is 0 Å². The van der Waals surface area contributed by atoms with Crippen LogP contribution in [0, 0.1) is 70.6 Å². The van der Waals surface area contributed by atoms with E-state index in [2.05, 4.69) is 47.4 Å². The van der Waals surface area contributed by atoms with Crippen LogP contribution in [0.15, 0.2) is 97.1 Å². The van der Waals surface area contributed by atoms with Gasteiger partial charge >= 0.3 is 242 Å². The van der Waals surface area contributed by atoms with E-state index in [1.807, 2.05) is 0 Å². The third kappa shape index (κ3) is 7.49. The second-order valence-electron chi connectivity index (χ2n) is 8.54. The predicted molar refractivity (Wildman–Crippen MR) is 153 cm³/mol. The first kappa shape index (κ1) is 27.4. The van der Waals surface area contributed by atoms with Crippen LogP contribution in [0.2, 0.25) is 0 Å². The minimum atomic E-state index is -0.375. The summed E-state index contributed by atoms with van der Waals surface area (Å²) >= 11 is -0.375. The van der Waals surface area contributed by atoms with Crippen molar-refractivity contribution in [2.45, 2.75) is 0 Å². The Morgan fingerprint density at radius 3 is 0.829 bits per heavy atom. The molecule has 5 heteroatoms. The van der Waals surface area contributed by atoms with E-state index >= 15 is 0 Å². The van der Waals surface area contributed by atoms with Gasteiger partial charge in [0.05, 0.1) is 0 Å². The van der Waals surface area contributed by atoms with Gasteiger partial charge in [0, 0.05) is 0 Å². The normalized spacial score (nSPS) is 9.66. The average Bonchev–Trinajstić information content (AvgIpc) is 3.32. The fourth-order valence-electron chi connectivity index (χ4n) is 3.51. The van der Waals surface area contributed by atoms with Crippen LogP contribution >= 0.6 is 0 Å². The van der Waals surface area contributed by atoms with E-state index in [0.717, 1.165) is 8.87 Å². The van der Waals surface area contributed by atoms with Gasteiger partial charge in [0.15, 0.2) is 0 Å². The molecule has 0 unspecified atom stereocenters. The van der Waals surface area contributed by atoms with Crippen molar-refractivity contribution in [1.29, 1.82) is 0 Å². The summed E-state index contributed by atoms with van der Waals surface area (Å²) in [4.78, 5) is 0. The Labute approximate surface area is 241 Å². The van der Waals surface area contributed by atoms with Gasteiger partial charge in [-0.05, 0) is 0 Å². The summed E-state index contributed by atoms with van der Waals surface area (Å²) in [7, 11) is 0. The first-order valence-corrected chi connectivity index (χ1v) is 13.9. The van der Waals surface area contributed by atoms with E-state index < -0.39 is 0 Å². The van der Waals surface area contributed by atoms with Crippen LogP contribution in [0.3, 0.4) is 0 Å². The molecule has 4 aromatic carbocycles. The Balaban J connectivity index is 1.68. The van der Waals surface area contributed by atoms with Crippen molar-refractivity contribution in [3.8, 4) is 47.4 Å². The third-order valence-electron chi connectivity index (χ3n) is 5.59. The Morgan fingerprint density at radius 1 is 0.317 bits per heavy atom. The summed E-state index contributed by atoms with van der Waals surface area (Å²) in [6.07, 6.45) is 0. The van der Waals surface area contributed by atoms with Crippen molar-refractivity contribution in [2.75, 3.05) is 0 Å². The fourth-order valence-corrected chi connectivity index (χ4v) is 5.43. The molecule has 5 rings (SSSR count). The summed E-state index contributed by atoms with van der Waals surface area (Å²) in [5.41, 5.74) is 3.64. The van der Waals surface area contributed by atoms with Gasteiger partial charge in [-0.3, -0.25) is 0 Å². The predicted octanol–water partition coefficient (Wildman–Crippen LogP) is 6.90. The molecule has 0 fully saturated rings. The number of halogens is 4. The molecule has 0 bridgehead atoms. The summed E-state index contributed by atoms with van der Waals surface area (Å²) in [6.45, 7) is 0. The molecule has 0 radical (unpaired) electrons. The number of hydrogen-bond donors (Lipinski definition) is 0. The van der Waals surface area contributed by atoms with Crippen molar-refractivity contribution < 1.29 is 17.6 Å². The molecule has 1 aromatic heterocycles. The first-order chi connectivity index (χ1) is 19.9. The van der Waals surface area contributed by atoms with Crippen LogP contribution in [-0.2, 0) is 0 Å². The molecule has 0 nitrogen and oxygen atoms in total. The van der Waals surface area contributed by atoms with Gasteiger partial charge in [0.1, 0.15) is 0 Å². The van der Waals surface area contributed by atoms with E-state index in [4.69, 9.17) is 0 Å². The zero-order chi connectivity index (χ0) is 28.6. The Bertz CT molecular complexity index is 1810. The topological polar surface area (TPSA) is 0 Å². The second kappa shape index (κ2) is 12.8. The summed E-state index contributed by atoms with van der Waals surface area (Å²) in [5.74, 6) is 23.5. The molecule has 1 heterocycles. The second-order valence-corrected chi connectivity index (χ2v) is 10.7. The van der Waals surface area contributed by atoms with Crippen LogP contribution in [0.4, 0.5) is 17.6 Å². The quantitative estimate of drug-likeness (QED) is 0.103. The molecule has 0 amide bonds. The van der Waals surface area contributed by atoms with Crippen molar-refractivity contribution in [2.24, 2.45) is 0 Å². The maximum absolute atomic E-state index is 13.4. The third-order valence-corrected chi connectivity index (χ3v) is 7.73. The zero-order valence-corrected chi connectivity index (χ0v) is 22.9. The van der Waals surface area contributed by atoms with Gasteiger partial charge in [0.25, 0.3) is 0 Å². The van der Waals surface area contributed by atoms with Crippen molar-refractivity contribution in [1.82, 2.24) is 0 Å². The van der Waals surface area contributed by atoms with Crippen LogP contribution < -0.4 is 0 Å². The molecule has 0 aliphatic rings. The summed E-state index contributed by atoms with van der Waals surface area (Å²) < 4.78 is 55.1. The van der Waals surface area contributed by atoms with Gasteiger partial charge in [-0.15, -0.1) is 0 Å². The van der Waals surface area contributed by atoms with Gasteiger partial charge in [-0.2, -0.15) is 0 Å².